The highest BCUT2D eigenvalue weighted by Crippen LogP contribution is 2.27. The average Bonchev–Trinajstić information content (AvgIpc) is 2.37. The van der Waals surface area contributed by atoms with Crippen molar-refractivity contribution >= 4 is 17.5 Å². The molecule has 0 aliphatic carbocycles. The van der Waals surface area contributed by atoms with E-state index in [1.54, 1.807) is 0 Å². The third kappa shape index (κ3) is 4.06. The van der Waals surface area contributed by atoms with Crippen LogP contribution in [0.5, 0.6) is 0 Å². The lowest BCUT2D eigenvalue weighted by Crippen LogP contribution is -2.38. The first-order valence-corrected chi connectivity index (χ1v) is 6.36. The minimum atomic E-state index is -0.664. The van der Waals surface area contributed by atoms with Crippen molar-refractivity contribution in [2.75, 3.05) is 18.4 Å². The number of nitrogens with one attached hydrogen (secondary N) is 2. The van der Waals surface area contributed by atoms with Gasteiger partial charge in [0, 0.05) is 18.8 Å². The fourth-order valence-corrected chi connectivity index (χ4v) is 1.78. The number of hydrogen-bond acceptors (Lipinski definition) is 3. The van der Waals surface area contributed by atoms with Crippen LogP contribution in [0.4, 0.5) is 5.69 Å². The monoisotopic (exact) mass is 263 g/mol. The Bertz CT molecular complexity index is 470. The van der Waals surface area contributed by atoms with Crippen molar-refractivity contribution in [1.29, 1.82) is 0 Å². The van der Waals surface area contributed by atoms with Gasteiger partial charge in [-0.1, -0.05) is 32.0 Å². The summed E-state index contributed by atoms with van der Waals surface area (Å²) < 4.78 is 0. The Balaban J connectivity index is 2.87. The highest BCUT2D eigenvalue weighted by molar-refractivity contribution is 6.39. The van der Waals surface area contributed by atoms with E-state index in [9.17, 15) is 9.59 Å². The molecule has 5 heteroatoms. The zero-order valence-corrected chi connectivity index (χ0v) is 11.6. The second-order valence-electron chi connectivity index (χ2n) is 4.69. The summed E-state index contributed by atoms with van der Waals surface area (Å²) in [7, 11) is 0. The molecule has 104 valence electrons. The molecule has 1 aromatic rings. The number of aryl methyl sites for hydroxylation is 1. The molecule has 0 unspecified atom stereocenters. The maximum atomic E-state index is 11.8. The van der Waals surface area contributed by atoms with Crippen molar-refractivity contribution in [1.82, 2.24) is 5.32 Å². The predicted octanol–water partition coefficient (Wildman–Crippen LogP) is 1.13. The second-order valence-corrected chi connectivity index (χ2v) is 4.69. The summed E-state index contributed by atoms with van der Waals surface area (Å²) in [6.07, 6.45) is 0. The Kier molecular flexibility index (Phi) is 5.51. The number of para-hydroxylation sites is 1. The minimum absolute atomic E-state index is 0.266. The van der Waals surface area contributed by atoms with Gasteiger partial charge in [0.2, 0.25) is 0 Å². The van der Waals surface area contributed by atoms with Gasteiger partial charge in [-0.2, -0.15) is 0 Å². The Morgan fingerprint density at radius 2 is 1.95 bits per heavy atom. The molecule has 2 amide bonds. The minimum Gasteiger partial charge on any atom is -0.347 e. The first-order chi connectivity index (χ1) is 8.97. The number of carbonyl (C=O) groups is 2. The summed E-state index contributed by atoms with van der Waals surface area (Å²) >= 11 is 0. The maximum Gasteiger partial charge on any atom is 0.313 e. The van der Waals surface area contributed by atoms with E-state index in [0.717, 1.165) is 11.1 Å². The van der Waals surface area contributed by atoms with Crippen LogP contribution in [-0.4, -0.2) is 24.9 Å². The molecule has 0 radical (unpaired) electrons. The van der Waals surface area contributed by atoms with Crippen LogP contribution in [0.2, 0.25) is 0 Å². The van der Waals surface area contributed by atoms with E-state index in [2.05, 4.69) is 10.6 Å². The number of anilines is 1. The Morgan fingerprint density at radius 1 is 1.26 bits per heavy atom. The van der Waals surface area contributed by atoms with Gasteiger partial charge in [-0.05, 0) is 24.0 Å². The Hall–Kier alpha value is -1.88. The van der Waals surface area contributed by atoms with Crippen molar-refractivity contribution in [3.05, 3.63) is 29.3 Å². The van der Waals surface area contributed by atoms with Crippen LogP contribution in [0.25, 0.3) is 0 Å². The summed E-state index contributed by atoms with van der Waals surface area (Å²) in [6, 6.07) is 5.79. The molecule has 0 atom stereocenters. The molecule has 0 heterocycles. The predicted molar refractivity (Wildman–Crippen MR) is 76.0 cm³/mol. The summed E-state index contributed by atoms with van der Waals surface area (Å²) in [5, 5.41) is 5.12. The van der Waals surface area contributed by atoms with E-state index in [0.29, 0.717) is 12.2 Å². The van der Waals surface area contributed by atoms with Gasteiger partial charge in [0.1, 0.15) is 0 Å². The standard InChI is InChI=1S/C14H21N3O2/c1-9(2)11-6-4-5-10(3)12(11)17-14(19)13(18)16-8-7-15/h4-6,9H,7-8,15H2,1-3H3,(H,16,18)(H,17,19). The number of carbonyl (C=O) groups excluding carboxylic acids is 2. The molecule has 1 rings (SSSR count). The molecular weight excluding hydrogens is 242 g/mol. The number of nitrogens with two attached hydrogens (primary N) is 1. The molecular formula is C14H21N3O2. The van der Waals surface area contributed by atoms with Crippen LogP contribution in [0.1, 0.15) is 30.9 Å². The smallest absolute Gasteiger partial charge is 0.313 e. The van der Waals surface area contributed by atoms with Gasteiger partial charge in [0.05, 0.1) is 0 Å². The lowest BCUT2D eigenvalue weighted by molar-refractivity contribution is -0.136. The SMILES string of the molecule is Cc1cccc(C(C)C)c1NC(=O)C(=O)NCCN. The number of hydrogen-bond donors (Lipinski definition) is 3. The van der Waals surface area contributed by atoms with E-state index < -0.39 is 11.8 Å². The lowest BCUT2D eigenvalue weighted by Gasteiger charge is -2.16. The number of rotatable bonds is 4. The van der Waals surface area contributed by atoms with Crippen molar-refractivity contribution in [2.45, 2.75) is 26.7 Å². The van der Waals surface area contributed by atoms with E-state index in [1.807, 2.05) is 39.0 Å². The normalized spacial score (nSPS) is 10.4. The van der Waals surface area contributed by atoms with Gasteiger partial charge in [-0.15, -0.1) is 0 Å². The van der Waals surface area contributed by atoms with Crippen LogP contribution < -0.4 is 16.4 Å². The van der Waals surface area contributed by atoms with Crippen molar-refractivity contribution in [3.8, 4) is 0 Å². The molecule has 0 aliphatic rings. The van der Waals surface area contributed by atoms with Gasteiger partial charge >= 0.3 is 11.8 Å². The van der Waals surface area contributed by atoms with Crippen LogP contribution >= 0.6 is 0 Å². The lowest BCUT2D eigenvalue weighted by atomic mass is 9.98. The molecule has 0 saturated carbocycles. The molecule has 0 fully saturated rings. The summed E-state index contributed by atoms with van der Waals surface area (Å²) in [5.41, 5.74) is 7.93. The third-order valence-electron chi connectivity index (χ3n) is 2.80. The topological polar surface area (TPSA) is 84.2 Å². The van der Waals surface area contributed by atoms with Crippen LogP contribution in [0.15, 0.2) is 18.2 Å². The van der Waals surface area contributed by atoms with Gasteiger partial charge < -0.3 is 16.4 Å². The molecule has 5 nitrogen and oxygen atoms in total. The maximum absolute atomic E-state index is 11.8. The fourth-order valence-electron chi connectivity index (χ4n) is 1.78. The molecule has 0 bridgehead atoms. The Morgan fingerprint density at radius 3 is 2.53 bits per heavy atom. The first-order valence-electron chi connectivity index (χ1n) is 6.36. The molecule has 1 aromatic carbocycles. The Labute approximate surface area is 113 Å². The van der Waals surface area contributed by atoms with Crippen LogP contribution in [-0.2, 0) is 9.59 Å². The summed E-state index contributed by atoms with van der Waals surface area (Å²) in [6.45, 7) is 6.58. The van der Waals surface area contributed by atoms with Gasteiger partial charge in [0.25, 0.3) is 0 Å². The van der Waals surface area contributed by atoms with Gasteiger partial charge in [-0.25, -0.2) is 0 Å². The molecule has 0 spiro atoms. The molecule has 19 heavy (non-hydrogen) atoms. The number of benzene rings is 1. The van der Waals surface area contributed by atoms with Crippen molar-refractivity contribution in [2.24, 2.45) is 5.73 Å². The first kappa shape index (κ1) is 15.2. The largest absolute Gasteiger partial charge is 0.347 e. The summed E-state index contributed by atoms with van der Waals surface area (Å²) in [5.74, 6) is -1.06. The van der Waals surface area contributed by atoms with E-state index >= 15 is 0 Å². The molecule has 4 N–H and O–H groups in total. The van der Waals surface area contributed by atoms with E-state index in [1.165, 1.54) is 0 Å². The van der Waals surface area contributed by atoms with E-state index in [4.69, 9.17) is 5.73 Å². The van der Waals surface area contributed by atoms with E-state index in [-0.39, 0.29) is 12.5 Å². The third-order valence-corrected chi connectivity index (χ3v) is 2.80. The van der Waals surface area contributed by atoms with Gasteiger partial charge in [-0.3, -0.25) is 9.59 Å². The zero-order chi connectivity index (χ0) is 14.4. The molecule has 0 saturated heterocycles. The quantitative estimate of drug-likeness (QED) is 0.712. The molecule has 0 aliphatic heterocycles. The van der Waals surface area contributed by atoms with Crippen molar-refractivity contribution < 1.29 is 9.59 Å². The zero-order valence-electron chi connectivity index (χ0n) is 11.6. The van der Waals surface area contributed by atoms with Crippen LogP contribution in [0, 0.1) is 6.92 Å². The van der Waals surface area contributed by atoms with Crippen LogP contribution in [0.3, 0.4) is 0 Å². The highest BCUT2D eigenvalue weighted by atomic mass is 16.2. The number of amides is 2. The highest BCUT2D eigenvalue weighted by Gasteiger charge is 2.16. The van der Waals surface area contributed by atoms with Crippen molar-refractivity contribution in [3.63, 3.8) is 0 Å². The van der Waals surface area contributed by atoms with Gasteiger partial charge in [0.15, 0.2) is 0 Å². The average molecular weight is 263 g/mol. The summed E-state index contributed by atoms with van der Waals surface area (Å²) in [4.78, 5) is 23.3. The molecule has 0 aromatic heterocycles. The fraction of sp³-hybridized carbons (Fsp3) is 0.429. The second kappa shape index (κ2) is 6.89.